The van der Waals surface area contributed by atoms with Gasteiger partial charge in [-0.05, 0) is 32.4 Å². The van der Waals surface area contributed by atoms with Crippen molar-refractivity contribution < 1.29 is 4.79 Å². The Bertz CT molecular complexity index is 176. The molecule has 3 heteroatoms. The molecule has 1 rings (SSSR count). The van der Waals surface area contributed by atoms with Crippen LogP contribution in [-0.2, 0) is 4.79 Å². The number of hydrogen-bond donors (Lipinski definition) is 1. The van der Waals surface area contributed by atoms with Crippen LogP contribution in [0.1, 0.15) is 45.4 Å². The van der Waals surface area contributed by atoms with Crippen LogP contribution in [-0.4, -0.2) is 37.0 Å². The molecule has 0 aliphatic carbocycles. The number of carbonyl (C=O) groups excluding carboxylic acids is 1. The molecule has 1 amide bonds. The number of nitrogens with zero attached hydrogens (tertiary/aromatic N) is 1. The molecule has 15 heavy (non-hydrogen) atoms. The molecule has 0 radical (unpaired) electrons. The van der Waals surface area contributed by atoms with E-state index in [2.05, 4.69) is 17.1 Å². The topological polar surface area (TPSA) is 32.3 Å². The largest absolute Gasteiger partial charge is 0.356 e. The van der Waals surface area contributed by atoms with Crippen LogP contribution in [0.3, 0.4) is 0 Å². The van der Waals surface area contributed by atoms with Crippen molar-refractivity contribution in [3.8, 4) is 0 Å². The van der Waals surface area contributed by atoms with Gasteiger partial charge < -0.3 is 10.2 Å². The van der Waals surface area contributed by atoms with E-state index in [1.165, 1.54) is 32.4 Å². The highest BCUT2D eigenvalue weighted by atomic mass is 16.1. The van der Waals surface area contributed by atoms with E-state index in [1.54, 1.807) is 0 Å². The fourth-order valence-electron chi connectivity index (χ4n) is 1.94. The number of carbonyl (C=O) groups is 1. The molecule has 1 N–H and O–H groups in total. The predicted molar refractivity (Wildman–Crippen MR) is 62.8 cm³/mol. The maximum atomic E-state index is 11.4. The Morgan fingerprint density at radius 1 is 1.27 bits per heavy atom. The van der Waals surface area contributed by atoms with Gasteiger partial charge in [-0.1, -0.05) is 19.8 Å². The van der Waals surface area contributed by atoms with E-state index in [1.807, 2.05) is 0 Å². The summed E-state index contributed by atoms with van der Waals surface area (Å²) in [7, 11) is 0. The molecule has 0 aromatic heterocycles. The first-order chi connectivity index (χ1) is 7.33. The Balaban J connectivity index is 2.00. The third-order valence-corrected chi connectivity index (χ3v) is 2.96. The molecular formula is C12H24N2O. The smallest absolute Gasteiger partial charge is 0.221 e. The molecule has 0 atom stereocenters. The van der Waals surface area contributed by atoms with E-state index in [9.17, 15) is 4.79 Å². The molecule has 1 aliphatic rings. The van der Waals surface area contributed by atoms with Gasteiger partial charge >= 0.3 is 0 Å². The fraction of sp³-hybridized carbons (Fsp3) is 0.917. The van der Waals surface area contributed by atoms with Gasteiger partial charge in [0.25, 0.3) is 0 Å². The number of amides is 1. The minimum atomic E-state index is 0.217. The van der Waals surface area contributed by atoms with Crippen LogP contribution in [0.15, 0.2) is 0 Å². The quantitative estimate of drug-likeness (QED) is 0.681. The van der Waals surface area contributed by atoms with Crippen molar-refractivity contribution in [1.29, 1.82) is 0 Å². The minimum Gasteiger partial charge on any atom is -0.356 e. The van der Waals surface area contributed by atoms with Crippen molar-refractivity contribution in [1.82, 2.24) is 10.2 Å². The monoisotopic (exact) mass is 212 g/mol. The fourth-order valence-corrected chi connectivity index (χ4v) is 1.94. The number of hydrogen-bond acceptors (Lipinski definition) is 2. The maximum Gasteiger partial charge on any atom is 0.221 e. The summed E-state index contributed by atoms with van der Waals surface area (Å²) in [6, 6.07) is 0. The van der Waals surface area contributed by atoms with Gasteiger partial charge in [0.05, 0.1) is 0 Å². The summed E-state index contributed by atoms with van der Waals surface area (Å²) in [6.07, 6.45) is 6.87. The second kappa shape index (κ2) is 7.69. The maximum absolute atomic E-state index is 11.4. The zero-order valence-corrected chi connectivity index (χ0v) is 9.93. The number of rotatable bonds is 6. The van der Waals surface area contributed by atoms with Crippen LogP contribution >= 0.6 is 0 Å². The lowest BCUT2D eigenvalue weighted by molar-refractivity contribution is -0.121. The summed E-state index contributed by atoms with van der Waals surface area (Å²) in [4.78, 5) is 13.8. The predicted octanol–water partition coefficient (Wildman–Crippen LogP) is 1.78. The van der Waals surface area contributed by atoms with Crippen molar-refractivity contribution in [2.45, 2.75) is 45.4 Å². The second-order valence-electron chi connectivity index (χ2n) is 4.36. The molecule has 0 spiro atoms. The normalized spacial score (nSPS) is 17.7. The summed E-state index contributed by atoms with van der Waals surface area (Å²) < 4.78 is 0. The zero-order chi connectivity index (χ0) is 10.9. The molecule has 0 aromatic rings. The number of piperidine rings is 1. The van der Waals surface area contributed by atoms with Gasteiger partial charge in [0, 0.05) is 19.5 Å². The molecule has 0 saturated carbocycles. The molecule has 1 heterocycles. The molecule has 88 valence electrons. The van der Waals surface area contributed by atoms with E-state index < -0.39 is 0 Å². The minimum absolute atomic E-state index is 0.217. The van der Waals surface area contributed by atoms with Gasteiger partial charge in [-0.15, -0.1) is 0 Å². The van der Waals surface area contributed by atoms with E-state index in [0.717, 1.165) is 25.9 Å². The highest BCUT2D eigenvalue weighted by molar-refractivity contribution is 5.75. The lowest BCUT2D eigenvalue weighted by Crippen LogP contribution is -2.34. The summed E-state index contributed by atoms with van der Waals surface area (Å²) in [5.41, 5.74) is 0. The summed E-state index contributed by atoms with van der Waals surface area (Å²) in [6.45, 7) is 6.29. The molecule has 0 unspecified atom stereocenters. The average molecular weight is 212 g/mol. The summed E-state index contributed by atoms with van der Waals surface area (Å²) in [5.74, 6) is 0.217. The van der Waals surface area contributed by atoms with E-state index >= 15 is 0 Å². The van der Waals surface area contributed by atoms with Crippen LogP contribution in [0.4, 0.5) is 0 Å². The first kappa shape index (κ1) is 12.5. The molecule has 3 nitrogen and oxygen atoms in total. The SMILES string of the molecule is CCCCNC(=O)CCN1CCCCC1. The third-order valence-electron chi connectivity index (χ3n) is 2.96. The van der Waals surface area contributed by atoms with Crippen molar-refractivity contribution in [3.05, 3.63) is 0 Å². The molecule has 0 bridgehead atoms. The van der Waals surface area contributed by atoms with Crippen LogP contribution in [0.2, 0.25) is 0 Å². The van der Waals surface area contributed by atoms with Gasteiger partial charge in [-0.25, -0.2) is 0 Å². The van der Waals surface area contributed by atoms with Gasteiger partial charge in [0.2, 0.25) is 5.91 Å². The number of unbranched alkanes of at least 4 members (excludes halogenated alkanes) is 1. The second-order valence-corrected chi connectivity index (χ2v) is 4.36. The number of nitrogens with one attached hydrogen (secondary N) is 1. The van der Waals surface area contributed by atoms with Gasteiger partial charge in [0.1, 0.15) is 0 Å². The zero-order valence-electron chi connectivity index (χ0n) is 9.93. The average Bonchev–Trinajstić information content (AvgIpc) is 2.28. The summed E-state index contributed by atoms with van der Waals surface area (Å²) >= 11 is 0. The standard InChI is InChI=1S/C12H24N2O/c1-2-3-8-13-12(15)7-11-14-9-5-4-6-10-14/h2-11H2,1H3,(H,13,15). The molecule has 1 fully saturated rings. The Labute approximate surface area is 93.2 Å². The van der Waals surface area contributed by atoms with Crippen molar-refractivity contribution in [2.24, 2.45) is 0 Å². The highest BCUT2D eigenvalue weighted by Gasteiger charge is 2.10. The highest BCUT2D eigenvalue weighted by Crippen LogP contribution is 2.08. The molecular weight excluding hydrogens is 188 g/mol. The lowest BCUT2D eigenvalue weighted by atomic mass is 10.1. The summed E-state index contributed by atoms with van der Waals surface area (Å²) in [5, 5.41) is 2.96. The number of likely N-dealkylation sites (tertiary alicyclic amines) is 1. The first-order valence-electron chi connectivity index (χ1n) is 6.32. The van der Waals surface area contributed by atoms with Gasteiger partial charge in [-0.3, -0.25) is 4.79 Å². The third kappa shape index (κ3) is 5.78. The van der Waals surface area contributed by atoms with Crippen molar-refractivity contribution >= 4 is 5.91 Å². The van der Waals surface area contributed by atoms with Crippen LogP contribution < -0.4 is 5.32 Å². The Hall–Kier alpha value is -0.570. The Morgan fingerprint density at radius 3 is 2.67 bits per heavy atom. The van der Waals surface area contributed by atoms with E-state index in [0.29, 0.717) is 6.42 Å². The van der Waals surface area contributed by atoms with Crippen molar-refractivity contribution in [3.63, 3.8) is 0 Å². The Kier molecular flexibility index (Phi) is 6.41. The van der Waals surface area contributed by atoms with E-state index in [4.69, 9.17) is 0 Å². The van der Waals surface area contributed by atoms with Crippen molar-refractivity contribution in [2.75, 3.05) is 26.2 Å². The molecule has 1 saturated heterocycles. The Morgan fingerprint density at radius 2 is 2.00 bits per heavy atom. The molecule has 1 aliphatic heterocycles. The van der Waals surface area contributed by atoms with Gasteiger partial charge in [0.15, 0.2) is 0 Å². The van der Waals surface area contributed by atoms with E-state index in [-0.39, 0.29) is 5.91 Å². The van der Waals surface area contributed by atoms with Crippen LogP contribution in [0.5, 0.6) is 0 Å². The van der Waals surface area contributed by atoms with Gasteiger partial charge in [-0.2, -0.15) is 0 Å². The first-order valence-corrected chi connectivity index (χ1v) is 6.32. The van der Waals surface area contributed by atoms with Crippen LogP contribution in [0.25, 0.3) is 0 Å². The van der Waals surface area contributed by atoms with Crippen LogP contribution in [0, 0.1) is 0 Å². The molecule has 0 aromatic carbocycles. The lowest BCUT2D eigenvalue weighted by Gasteiger charge is -2.25.